The van der Waals surface area contributed by atoms with Crippen LogP contribution >= 0.6 is 0 Å². The molecule has 0 spiro atoms. The average Bonchev–Trinajstić information content (AvgIpc) is 2.59. The largest absolute Gasteiger partial charge is 0.508 e. The van der Waals surface area contributed by atoms with Crippen molar-refractivity contribution in [2.75, 3.05) is 5.32 Å². The Balaban J connectivity index is 1.84. The highest BCUT2D eigenvalue weighted by Crippen LogP contribution is 2.28. The Labute approximate surface area is 110 Å². The molecule has 0 saturated heterocycles. The molecule has 2 nitrogen and oxygen atoms in total. The van der Waals surface area contributed by atoms with Crippen LogP contribution in [0.3, 0.4) is 0 Å². The van der Waals surface area contributed by atoms with Crippen molar-refractivity contribution >= 4 is 5.69 Å². The van der Waals surface area contributed by atoms with Crippen molar-refractivity contribution in [3.05, 3.63) is 24.3 Å². The van der Waals surface area contributed by atoms with Gasteiger partial charge in [0.05, 0.1) is 0 Å². The SMILES string of the molecule is CCCC1CCCC(Nc2ccc(O)cc2)CC1. The third-order valence-electron chi connectivity index (χ3n) is 4.02. The Hall–Kier alpha value is -1.18. The molecule has 1 fully saturated rings. The number of phenolic OH excluding ortho intramolecular Hbond substituents is 1. The van der Waals surface area contributed by atoms with Gasteiger partial charge in [-0.2, -0.15) is 0 Å². The summed E-state index contributed by atoms with van der Waals surface area (Å²) in [5.41, 5.74) is 1.13. The molecule has 0 heterocycles. The van der Waals surface area contributed by atoms with Gasteiger partial charge in [0.2, 0.25) is 0 Å². The molecule has 0 radical (unpaired) electrons. The summed E-state index contributed by atoms with van der Waals surface area (Å²) in [4.78, 5) is 0. The van der Waals surface area contributed by atoms with Gasteiger partial charge in [-0.25, -0.2) is 0 Å². The molecule has 2 unspecified atom stereocenters. The Bertz CT molecular complexity index is 347. The van der Waals surface area contributed by atoms with Crippen molar-refractivity contribution in [3.63, 3.8) is 0 Å². The van der Waals surface area contributed by atoms with Gasteiger partial charge in [0.25, 0.3) is 0 Å². The van der Waals surface area contributed by atoms with Crippen LogP contribution in [0.15, 0.2) is 24.3 Å². The predicted octanol–water partition coefficient (Wildman–Crippen LogP) is 4.55. The second kappa shape index (κ2) is 6.67. The molecule has 1 aliphatic carbocycles. The van der Waals surface area contributed by atoms with Gasteiger partial charge in [-0.3, -0.25) is 0 Å². The lowest BCUT2D eigenvalue weighted by Crippen LogP contribution is -2.18. The van der Waals surface area contributed by atoms with Crippen LogP contribution in [0.1, 0.15) is 51.9 Å². The van der Waals surface area contributed by atoms with Crippen LogP contribution in [0.25, 0.3) is 0 Å². The van der Waals surface area contributed by atoms with Gasteiger partial charge >= 0.3 is 0 Å². The molecule has 2 atom stereocenters. The average molecular weight is 247 g/mol. The zero-order valence-electron chi connectivity index (χ0n) is 11.4. The van der Waals surface area contributed by atoms with Gasteiger partial charge in [0.1, 0.15) is 5.75 Å². The van der Waals surface area contributed by atoms with Gasteiger partial charge in [0, 0.05) is 11.7 Å². The fraction of sp³-hybridized carbons (Fsp3) is 0.625. The Morgan fingerprint density at radius 1 is 1.11 bits per heavy atom. The predicted molar refractivity (Wildman–Crippen MR) is 77.0 cm³/mol. The minimum atomic E-state index is 0.337. The summed E-state index contributed by atoms with van der Waals surface area (Å²) in [6, 6.07) is 8.03. The number of nitrogens with one attached hydrogen (secondary N) is 1. The van der Waals surface area contributed by atoms with Gasteiger partial charge in [0.15, 0.2) is 0 Å². The van der Waals surface area contributed by atoms with Crippen molar-refractivity contribution in [2.24, 2.45) is 5.92 Å². The molecule has 2 heteroatoms. The maximum Gasteiger partial charge on any atom is 0.115 e. The van der Waals surface area contributed by atoms with E-state index in [4.69, 9.17) is 0 Å². The van der Waals surface area contributed by atoms with E-state index in [9.17, 15) is 5.11 Å². The highest BCUT2D eigenvalue weighted by molar-refractivity contribution is 5.46. The summed E-state index contributed by atoms with van der Waals surface area (Å²) < 4.78 is 0. The van der Waals surface area contributed by atoms with Gasteiger partial charge in [-0.1, -0.05) is 32.6 Å². The summed E-state index contributed by atoms with van der Waals surface area (Å²) in [7, 11) is 0. The topological polar surface area (TPSA) is 32.3 Å². The molecular formula is C16H25NO. The van der Waals surface area contributed by atoms with Crippen molar-refractivity contribution in [2.45, 2.75) is 57.9 Å². The number of hydrogen-bond acceptors (Lipinski definition) is 2. The van der Waals surface area contributed by atoms with E-state index in [1.807, 2.05) is 12.1 Å². The van der Waals surface area contributed by atoms with Crippen LogP contribution in [0.2, 0.25) is 0 Å². The third kappa shape index (κ3) is 3.94. The van der Waals surface area contributed by atoms with Gasteiger partial charge in [-0.15, -0.1) is 0 Å². The molecule has 1 aromatic rings. The first-order valence-corrected chi connectivity index (χ1v) is 7.33. The number of aromatic hydroxyl groups is 1. The molecule has 0 aliphatic heterocycles. The first-order chi connectivity index (χ1) is 8.78. The lowest BCUT2D eigenvalue weighted by Gasteiger charge is -2.18. The Morgan fingerprint density at radius 3 is 2.61 bits per heavy atom. The van der Waals surface area contributed by atoms with E-state index in [0.717, 1.165) is 11.6 Å². The van der Waals surface area contributed by atoms with E-state index < -0.39 is 0 Å². The highest BCUT2D eigenvalue weighted by Gasteiger charge is 2.18. The van der Waals surface area contributed by atoms with Crippen molar-refractivity contribution in [1.82, 2.24) is 0 Å². The molecule has 2 N–H and O–H groups in total. The summed E-state index contributed by atoms with van der Waals surface area (Å²) in [6.45, 7) is 2.29. The molecule has 0 bridgehead atoms. The molecule has 0 amide bonds. The van der Waals surface area contributed by atoms with E-state index in [1.165, 1.54) is 44.9 Å². The third-order valence-corrected chi connectivity index (χ3v) is 4.02. The molecule has 1 aliphatic rings. The maximum atomic E-state index is 9.27. The minimum absolute atomic E-state index is 0.337. The quantitative estimate of drug-likeness (QED) is 0.604. The molecule has 1 saturated carbocycles. The van der Waals surface area contributed by atoms with E-state index in [-0.39, 0.29) is 0 Å². The first-order valence-electron chi connectivity index (χ1n) is 7.33. The molecule has 100 valence electrons. The molecule has 0 aromatic heterocycles. The fourth-order valence-corrected chi connectivity index (χ4v) is 3.01. The van der Waals surface area contributed by atoms with Crippen LogP contribution in [0.4, 0.5) is 5.69 Å². The van der Waals surface area contributed by atoms with Crippen LogP contribution in [-0.4, -0.2) is 11.1 Å². The van der Waals surface area contributed by atoms with Crippen LogP contribution in [-0.2, 0) is 0 Å². The van der Waals surface area contributed by atoms with Crippen molar-refractivity contribution in [3.8, 4) is 5.75 Å². The van der Waals surface area contributed by atoms with Crippen molar-refractivity contribution in [1.29, 1.82) is 0 Å². The molecule has 18 heavy (non-hydrogen) atoms. The Kier molecular flexibility index (Phi) is 4.91. The van der Waals surface area contributed by atoms with E-state index in [0.29, 0.717) is 11.8 Å². The normalized spacial score (nSPS) is 24.5. The van der Waals surface area contributed by atoms with Crippen LogP contribution in [0, 0.1) is 5.92 Å². The second-order valence-corrected chi connectivity index (χ2v) is 5.55. The number of phenols is 1. The Morgan fingerprint density at radius 2 is 1.89 bits per heavy atom. The number of rotatable bonds is 4. The standard InChI is InChI=1S/C16H25NO/c1-2-4-13-5-3-6-14(8-7-13)17-15-9-11-16(18)12-10-15/h9-14,17-18H,2-8H2,1H3. The second-order valence-electron chi connectivity index (χ2n) is 5.55. The van der Waals surface area contributed by atoms with Gasteiger partial charge in [-0.05, 0) is 49.4 Å². The minimum Gasteiger partial charge on any atom is -0.508 e. The van der Waals surface area contributed by atoms with Crippen molar-refractivity contribution < 1.29 is 5.11 Å². The number of hydrogen-bond donors (Lipinski definition) is 2. The van der Waals surface area contributed by atoms with Gasteiger partial charge < -0.3 is 10.4 Å². The summed E-state index contributed by atoms with van der Waals surface area (Å²) in [5, 5.41) is 12.9. The lowest BCUT2D eigenvalue weighted by atomic mass is 9.95. The molecule has 1 aromatic carbocycles. The summed E-state index contributed by atoms with van der Waals surface area (Å²) in [6.07, 6.45) is 9.39. The first kappa shape index (κ1) is 13.3. The van der Waals surface area contributed by atoms with E-state index in [2.05, 4.69) is 12.2 Å². The van der Waals surface area contributed by atoms with Crippen LogP contribution < -0.4 is 5.32 Å². The zero-order valence-corrected chi connectivity index (χ0v) is 11.4. The zero-order chi connectivity index (χ0) is 12.8. The van der Waals surface area contributed by atoms with E-state index >= 15 is 0 Å². The molecular weight excluding hydrogens is 222 g/mol. The number of anilines is 1. The maximum absolute atomic E-state index is 9.27. The lowest BCUT2D eigenvalue weighted by molar-refractivity contribution is 0.422. The van der Waals surface area contributed by atoms with E-state index in [1.54, 1.807) is 12.1 Å². The monoisotopic (exact) mass is 247 g/mol. The number of benzene rings is 1. The summed E-state index contributed by atoms with van der Waals surface area (Å²) in [5.74, 6) is 1.28. The smallest absolute Gasteiger partial charge is 0.115 e. The fourth-order valence-electron chi connectivity index (χ4n) is 3.01. The highest BCUT2D eigenvalue weighted by atomic mass is 16.3. The molecule has 2 rings (SSSR count). The summed E-state index contributed by atoms with van der Waals surface area (Å²) >= 11 is 0. The van der Waals surface area contributed by atoms with Crippen LogP contribution in [0.5, 0.6) is 5.75 Å².